The minimum atomic E-state index is -0.103. The van der Waals surface area contributed by atoms with Gasteiger partial charge in [-0.15, -0.1) is 0 Å². The van der Waals surface area contributed by atoms with Gasteiger partial charge in [0.2, 0.25) is 0 Å². The summed E-state index contributed by atoms with van der Waals surface area (Å²) in [4.78, 5) is 2.45. The van der Waals surface area contributed by atoms with Crippen LogP contribution in [0.15, 0.2) is 35.9 Å². The van der Waals surface area contributed by atoms with E-state index in [1.165, 1.54) is 16.7 Å². The Kier molecular flexibility index (Phi) is 6.22. The molecular formula is C19H28N2O2. The smallest absolute Gasteiger partial charge is 0.0689 e. The maximum Gasteiger partial charge on any atom is 0.0689 e. The molecule has 0 aromatic heterocycles. The molecule has 0 spiro atoms. The number of rotatable bonds is 6. The Morgan fingerprint density at radius 2 is 1.91 bits per heavy atom. The number of aliphatic hydroxyl groups is 1. The molecule has 23 heavy (non-hydrogen) atoms. The van der Waals surface area contributed by atoms with Gasteiger partial charge in [0.15, 0.2) is 0 Å². The molecule has 0 unspecified atom stereocenters. The molecule has 4 heteroatoms. The lowest BCUT2D eigenvalue weighted by atomic mass is 10.0. The third kappa shape index (κ3) is 5.15. The number of aliphatic hydroxyl groups excluding tert-OH is 1. The molecule has 2 N–H and O–H groups in total. The van der Waals surface area contributed by atoms with Crippen LogP contribution in [0.25, 0.3) is 0 Å². The van der Waals surface area contributed by atoms with Crippen molar-refractivity contribution in [1.29, 1.82) is 0 Å². The SMILES string of the molecule is OC1CCN(Cc2ccccc2CNCC2=CCCOC2)CC1. The van der Waals surface area contributed by atoms with Crippen molar-refractivity contribution in [2.24, 2.45) is 0 Å². The predicted molar refractivity (Wildman–Crippen MR) is 92.2 cm³/mol. The average Bonchev–Trinajstić information content (AvgIpc) is 2.59. The maximum absolute atomic E-state index is 9.64. The molecule has 0 atom stereocenters. The van der Waals surface area contributed by atoms with Gasteiger partial charge < -0.3 is 15.2 Å². The fourth-order valence-electron chi connectivity index (χ4n) is 3.29. The highest BCUT2D eigenvalue weighted by molar-refractivity contribution is 5.27. The summed E-state index contributed by atoms with van der Waals surface area (Å²) in [6.07, 6.45) is 5.02. The van der Waals surface area contributed by atoms with Gasteiger partial charge in [-0.2, -0.15) is 0 Å². The molecule has 1 saturated heterocycles. The minimum absolute atomic E-state index is 0.103. The normalized spacial score (nSPS) is 20.5. The second kappa shape index (κ2) is 8.60. The quantitative estimate of drug-likeness (QED) is 0.789. The van der Waals surface area contributed by atoms with E-state index >= 15 is 0 Å². The lowest BCUT2D eigenvalue weighted by molar-refractivity contribution is 0.0791. The summed E-state index contributed by atoms with van der Waals surface area (Å²) >= 11 is 0. The predicted octanol–water partition coefficient (Wildman–Crippen LogP) is 2.08. The van der Waals surface area contributed by atoms with Crippen LogP contribution in [-0.2, 0) is 17.8 Å². The highest BCUT2D eigenvalue weighted by atomic mass is 16.5. The Morgan fingerprint density at radius 1 is 1.13 bits per heavy atom. The van der Waals surface area contributed by atoms with Gasteiger partial charge in [0, 0.05) is 32.7 Å². The van der Waals surface area contributed by atoms with Gasteiger partial charge in [-0.05, 0) is 36.0 Å². The fourth-order valence-corrected chi connectivity index (χ4v) is 3.29. The first-order valence-corrected chi connectivity index (χ1v) is 8.75. The topological polar surface area (TPSA) is 44.7 Å². The summed E-state index contributed by atoms with van der Waals surface area (Å²) in [7, 11) is 0. The Bertz CT molecular complexity index is 522. The summed E-state index contributed by atoms with van der Waals surface area (Å²) in [5.74, 6) is 0. The minimum Gasteiger partial charge on any atom is -0.393 e. The van der Waals surface area contributed by atoms with Crippen LogP contribution in [-0.4, -0.2) is 49.0 Å². The van der Waals surface area contributed by atoms with Crippen molar-refractivity contribution < 1.29 is 9.84 Å². The van der Waals surface area contributed by atoms with Crippen LogP contribution in [0.5, 0.6) is 0 Å². The van der Waals surface area contributed by atoms with Gasteiger partial charge in [-0.25, -0.2) is 0 Å². The zero-order chi connectivity index (χ0) is 15.9. The lowest BCUT2D eigenvalue weighted by Crippen LogP contribution is -2.35. The van der Waals surface area contributed by atoms with E-state index in [4.69, 9.17) is 4.74 Å². The monoisotopic (exact) mass is 316 g/mol. The van der Waals surface area contributed by atoms with Crippen molar-refractivity contribution in [3.05, 3.63) is 47.0 Å². The third-order valence-electron chi connectivity index (χ3n) is 4.72. The lowest BCUT2D eigenvalue weighted by Gasteiger charge is -2.30. The van der Waals surface area contributed by atoms with E-state index in [0.717, 1.165) is 65.2 Å². The summed E-state index contributed by atoms with van der Waals surface area (Å²) in [5.41, 5.74) is 4.12. The van der Waals surface area contributed by atoms with Gasteiger partial charge in [0.1, 0.15) is 0 Å². The molecule has 1 fully saturated rings. The Hall–Kier alpha value is -1.20. The molecule has 126 valence electrons. The van der Waals surface area contributed by atoms with Crippen molar-refractivity contribution in [2.75, 3.05) is 32.8 Å². The zero-order valence-electron chi connectivity index (χ0n) is 13.8. The number of nitrogens with one attached hydrogen (secondary N) is 1. The summed E-state index contributed by atoms with van der Waals surface area (Å²) < 4.78 is 5.48. The highest BCUT2D eigenvalue weighted by Gasteiger charge is 2.17. The highest BCUT2D eigenvalue weighted by Crippen LogP contribution is 2.16. The van der Waals surface area contributed by atoms with E-state index in [-0.39, 0.29) is 6.10 Å². The van der Waals surface area contributed by atoms with Crippen LogP contribution in [0.3, 0.4) is 0 Å². The summed E-state index contributed by atoms with van der Waals surface area (Å²) in [6, 6.07) is 8.68. The van der Waals surface area contributed by atoms with Crippen LogP contribution in [0, 0.1) is 0 Å². The zero-order valence-corrected chi connectivity index (χ0v) is 13.8. The molecule has 0 bridgehead atoms. The fraction of sp³-hybridized carbons (Fsp3) is 0.579. The van der Waals surface area contributed by atoms with Gasteiger partial charge in [0.25, 0.3) is 0 Å². The first kappa shape index (κ1) is 16.7. The first-order chi connectivity index (χ1) is 11.3. The van der Waals surface area contributed by atoms with Crippen molar-refractivity contribution in [3.8, 4) is 0 Å². The molecule has 2 aliphatic heterocycles. The van der Waals surface area contributed by atoms with Crippen LogP contribution in [0.4, 0.5) is 0 Å². The molecule has 2 aliphatic rings. The number of hydrogen-bond donors (Lipinski definition) is 2. The number of hydrogen-bond acceptors (Lipinski definition) is 4. The van der Waals surface area contributed by atoms with Crippen LogP contribution in [0.1, 0.15) is 30.4 Å². The first-order valence-electron chi connectivity index (χ1n) is 8.75. The molecule has 4 nitrogen and oxygen atoms in total. The van der Waals surface area contributed by atoms with Crippen LogP contribution >= 0.6 is 0 Å². The Balaban J connectivity index is 1.52. The van der Waals surface area contributed by atoms with Crippen molar-refractivity contribution in [1.82, 2.24) is 10.2 Å². The third-order valence-corrected chi connectivity index (χ3v) is 4.72. The van der Waals surface area contributed by atoms with E-state index in [0.29, 0.717) is 0 Å². The molecular weight excluding hydrogens is 288 g/mol. The molecule has 1 aromatic rings. The molecule has 0 aliphatic carbocycles. The number of likely N-dealkylation sites (tertiary alicyclic amines) is 1. The van der Waals surface area contributed by atoms with Crippen LogP contribution in [0.2, 0.25) is 0 Å². The van der Waals surface area contributed by atoms with E-state index < -0.39 is 0 Å². The van der Waals surface area contributed by atoms with Crippen molar-refractivity contribution in [2.45, 2.75) is 38.5 Å². The number of ether oxygens (including phenoxy) is 1. The van der Waals surface area contributed by atoms with Gasteiger partial charge >= 0.3 is 0 Å². The molecule has 0 saturated carbocycles. The van der Waals surface area contributed by atoms with E-state index in [2.05, 4.69) is 40.6 Å². The Labute approximate surface area is 139 Å². The van der Waals surface area contributed by atoms with Gasteiger partial charge in [-0.3, -0.25) is 4.90 Å². The van der Waals surface area contributed by atoms with Crippen LogP contribution < -0.4 is 5.32 Å². The maximum atomic E-state index is 9.64. The van der Waals surface area contributed by atoms with Gasteiger partial charge in [-0.1, -0.05) is 30.3 Å². The van der Waals surface area contributed by atoms with E-state index in [9.17, 15) is 5.11 Å². The Morgan fingerprint density at radius 3 is 2.65 bits per heavy atom. The molecule has 0 radical (unpaired) electrons. The average molecular weight is 316 g/mol. The number of benzene rings is 1. The molecule has 0 amide bonds. The largest absolute Gasteiger partial charge is 0.393 e. The van der Waals surface area contributed by atoms with E-state index in [1.54, 1.807) is 0 Å². The molecule has 1 aromatic carbocycles. The standard InChI is InChI=1S/C19H28N2O2/c22-19-7-9-21(10-8-19)14-18-6-2-1-5-17(18)13-20-12-16-4-3-11-23-15-16/h1-2,4-6,19-20,22H,3,7-15H2. The summed E-state index contributed by atoms with van der Waals surface area (Å²) in [5, 5.41) is 13.2. The molecule has 3 rings (SSSR count). The van der Waals surface area contributed by atoms with Crippen molar-refractivity contribution >= 4 is 0 Å². The second-order valence-electron chi connectivity index (χ2n) is 6.58. The second-order valence-corrected chi connectivity index (χ2v) is 6.58. The summed E-state index contributed by atoms with van der Waals surface area (Å²) in [6.45, 7) is 6.40. The van der Waals surface area contributed by atoms with Gasteiger partial charge in [0.05, 0.1) is 19.3 Å². The molecule has 2 heterocycles. The van der Waals surface area contributed by atoms with Crippen molar-refractivity contribution in [3.63, 3.8) is 0 Å². The number of piperidine rings is 1. The van der Waals surface area contributed by atoms with E-state index in [1.807, 2.05) is 0 Å². The number of nitrogens with zero attached hydrogens (tertiary/aromatic N) is 1.